The van der Waals surface area contributed by atoms with E-state index >= 15 is 0 Å². The van der Waals surface area contributed by atoms with Crippen LogP contribution < -0.4 is 5.73 Å². The van der Waals surface area contributed by atoms with Gasteiger partial charge >= 0.3 is 5.97 Å². The summed E-state index contributed by atoms with van der Waals surface area (Å²) in [5.74, 6) is -1.29. The van der Waals surface area contributed by atoms with Crippen molar-refractivity contribution in [1.82, 2.24) is 0 Å². The molecule has 0 aliphatic heterocycles. The Morgan fingerprint density at radius 1 is 1.30 bits per heavy atom. The zero-order valence-corrected chi connectivity index (χ0v) is 10.5. The van der Waals surface area contributed by atoms with Crippen LogP contribution in [-0.2, 0) is 11.3 Å². The van der Waals surface area contributed by atoms with Crippen LogP contribution in [0.3, 0.4) is 0 Å². The molecule has 20 heavy (non-hydrogen) atoms. The number of hydrogen-bond acceptors (Lipinski definition) is 4. The predicted octanol–water partition coefficient (Wildman–Crippen LogP) is 2.64. The van der Waals surface area contributed by atoms with Crippen LogP contribution in [0.2, 0.25) is 0 Å². The average molecular weight is 270 g/mol. The predicted molar refractivity (Wildman–Crippen MR) is 71.1 cm³/mol. The smallest absolute Gasteiger partial charge is 0.338 e. The molecule has 0 amide bonds. The van der Waals surface area contributed by atoms with Crippen LogP contribution in [0.4, 0.5) is 10.1 Å². The Balaban J connectivity index is 2.11. The number of benzene rings is 2. The molecule has 2 aromatic carbocycles. The van der Waals surface area contributed by atoms with Crippen molar-refractivity contribution in [3.05, 3.63) is 65.0 Å². The second-order valence-corrected chi connectivity index (χ2v) is 4.12. The van der Waals surface area contributed by atoms with Crippen LogP contribution in [0.15, 0.2) is 42.5 Å². The van der Waals surface area contributed by atoms with Crippen molar-refractivity contribution in [3.8, 4) is 6.07 Å². The molecule has 0 unspecified atom stereocenters. The van der Waals surface area contributed by atoms with Crippen molar-refractivity contribution in [3.63, 3.8) is 0 Å². The number of nitrogen functional groups attached to an aromatic ring is 1. The molecule has 0 spiro atoms. The summed E-state index contributed by atoms with van der Waals surface area (Å²) in [6.45, 7) is -0.0566. The fourth-order valence-electron chi connectivity index (χ4n) is 1.71. The lowest BCUT2D eigenvalue weighted by Crippen LogP contribution is -2.07. The maximum atomic E-state index is 13.1. The molecule has 4 nitrogen and oxygen atoms in total. The van der Waals surface area contributed by atoms with E-state index in [1.54, 1.807) is 24.3 Å². The Hall–Kier alpha value is -2.87. The van der Waals surface area contributed by atoms with Crippen molar-refractivity contribution in [1.29, 1.82) is 5.26 Å². The van der Waals surface area contributed by atoms with Gasteiger partial charge in [-0.15, -0.1) is 0 Å². The highest BCUT2D eigenvalue weighted by Crippen LogP contribution is 2.14. The molecule has 0 aliphatic rings. The minimum atomic E-state index is -0.691. The molecule has 0 aromatic heterocycles. The van der Waals surface area contributed by atoms with E-state index in [4.69, 9.17) is 15.7 Å². The summed E-state index contributed by atoms with van der Waals surface area (Å²) in [5.41, 5.74) is 6.67. The monoisotopic (exact) mass is 270 g/mol. The summed E-state index contributed by atoms with van der Waals surface area (Å²) in [6, 6.07) is 12.3. The highest BCUT2D eigenvalue weighted by Gasteiger charge is 2.11. The summed E-state index contributed by atoms with van der Waals surface area (Å²) in [5, 5.41) is 8.92. The number of anilines is 1. The quantitative estimate of drug-likeness (QED) is 0.687. The molecular weight excluding hydrogens is 259 g/mol. The lowest BCUT2D eigenvalue weighted by atomic mass is 10.1. The Labute approximate surface area is 115 Å². The van der Waals surface area contributed by atoms with Gasteiger partial charge in [0.25, 0.3) is 0 Å². The van der Waals surface area contributed by atoms with E-state index in [1.807, 2.05) is 6.07 Å². The summed E-state index contributed by atoms with van der Waals surface area (Å²) in [4.78, 5) is 11.8. The van der Waals surface area contributed by atoms with Crippen molar-refractivity contribution < 1.29 is 13.9 Å². The first-order valence-electron chi connectivity index (χ1n) is 5.81. The van der Waals surface area contributed by atoms with Gasteiger partial charge in [0.05, 0.1) is 17.2 Å². The molecule has 0 atom stereocenters. The first-order chi connectivity index (χ1) is 9.60. The minimum absolute atomic E-state index is 0.0388. The first-order valence-corrected chi connectivity index (χ1v) is 5.81. The SMILES string of the molecule is N#Cc1ccccc1COC(=O)c1cc(N)cc(F)c1. The third-order valence-electron chi connectivity index (χ3n) is 2.65. The largest absolute Gasteiger partial charge is 0.457 e. The maximum absolute atomic E-state index is 13.1. The Kier molecular flexibility index (Phi) is 3.96. The van der Waals surface area contributed by atoms with Gasteiger partial charge < -0.3 is 10.5 Å². The molecule has 0 radical (unpaired) electrons. The molecule has 2 N–H and O–H groups in total. The molecule has 5 heteroatoms. The first kappa shape index (κ1) is 13.6. The third kappa shape index (κ3) is 3.12. The molecule has 0 saturated heterocycles. The van der Waals surface area contributed by atoms with Gasteiger partial charge in [-0.05, 0) is 24.3 Å². The Morgan fingerprint density at radius 3 is 2.75 bits per heavy atom. The zero-order valence-electron chi connectivity index (χ0n) is 10.5. The topological polar surface area (TPSA) is 76.1 Å². The van der Waals surface area contributed by atoms with Gasteiger partial charge in [-0.2, -0.15) is 5.26 Å². The van der Waals surface area contributed by atoms with Crippen LogP contribution >= 0.6 is 0 Å². The van der Waals surface area contributed by atoms with Gasteiger partial charge in [0.15, 0.2) is 0 Å². The maximum Gasteiger partial charge on any atom is 0.338 e. The van der Waals surface area contributed by atoms with Gasteiger partial charge in [-0.1, -0.05) is 18.2 Å². The van der Waals surface area contributed by atoms with E-state index in [-0.39, 0.29) is 17.9 Å². The molecule has 0 heterocycles. The number of hydrogen-bond donors (Lipinski definition) is 1. The Bertz CT molecular complexity index is 672. The summed E-state index contributed by atoms with van der Waals surface area (Å²) in [6.07, 6.45) is 0. The number of esters is 1. The van der Waals surface area contributed by atoms with Gasteiger partial charge in [0.1, 0.15) is 12.4 Å². The van der Waals surface area contributed by atoms with Crippen LogP contribution in [0, 0.1) is 17.1 Å². The summed E-state index contributed by atoms with van der Waals surface area (Å²) < 4.78 is 18.2. The lowest BCUT2D eigenvalue weighted by Gasteiger charge is -2.07. The fourth-order valence-corrected chi connectivity index (χ4v) is 1.71. The van der Waals surface area contributed by atoms with E-state index in [0.29, 0.717) is 11.1 Å². The van der Waals surface area contributed by atoms with Gasteiger partial charge in [-0.3, -0.25) is 0 Å². The highest BCUT2D eigenvalue weighted by molar-refractivity contribution is 5.90. The average Bonchev–Trinajstić information content (AvgIpc) is 2.44. The lowest BCUT2D eigenvalue weighted by molar-refractivity contribution is 0.0472. The summed E-state index contributed by atoms with van der Waals surface area (Å²) >= 11 is 0. The molecule has 0 saturated carbocycles. The van der Waals surface area contributed by atoms with Crippen molar-refractivity contribution in [2.75, 3.05) is 5.73 Å². The second-order valence-electron chi connectivity index (χ2n) is 4.12. The number of carbonyl (C=O) groups is 1. The summed E-state index contributed by atoms with van der Waals surface area (Å²) in [7, 11) is 0. The van der Waals surface area contributed by atoms with E-state index in [9.17, 15) is 9.18 Å². The van der Waals surface area contributed by atoms with E-state index in [2.05, 4.69) is 0 Å². The highest BCUT2D eigenvalue weighted by atomic mass is 19.1. The van der Waals surface area contributed by atoms with E-state index < -0.39 is 11.8 Å². The molecule has 2 rings (SSSR count). The van der Waals surface area contributed by atoms with Crippen LogP contribution in [0.5, 0.6) is 0 Å². The normalized spacial score (nSPS) is 9.80. The number of carbonyl (C=O) groups excluding carboxylic acids is 1. The van der Waals surface area contributed by atoms with Crippen LogP contribution in [0.1, 0.15) is 21.5 Å². The second kappa shape index (κ2) is 5.85. The molecule has 0 bridgehead atoms. The molecule has 0 fully saturated rings. The van der Waals surface area contributed by atoms with Gasteiger partial charge in [0, 0.05) is 11.3 Å². The molecule has 0 aliphatic carbocycles. The number of nitrogens with two attached hydrogens (primary N) is 1. The number of ether oxygens (including phenoxy) is 1. The van der Waals surface area contributed by atoms with Crippen LogP contribution in [0.25, 0.3) is 0 Å². The molecule has 100 valence electrons. The number of nitrogens with zero attached hydrogens (tertiary/aromatic N) is 1. The standard InChI is InChI=1S/C15H11FN2O2/c16-13-5-12(6-14(18)7-13)15(19)20-9-11-4-2-1-3-10(11)8-17/h1-7H,9,18H2. The van der Waals surface area contributed by atoms with E-state index in [0.717, 1.165) is 12.1 Å². The molecule has 2 aromatic rings. The zero-order chi connectivity index (χ0) is 14.5. The minimum Gasteiger partial charge on any atom is -0.457 e. The van der Waals surface area contributed by atoms with Crippen molar-refractivity contribution in [2.45, 2.75) is 6.61 Å². The van der Waals surface area contributed by atoms with Gasteiger partial charge in [-0.25, -0.2) is 9.18 Å². The van der Waals surface area contributed by atoms with E-state index in [1.165, 1.54) is 6.07 Å². The van der Waals surface area contributed by atoms with Gasteiger partial charge in [0.2, 0.25) is 0 Å². The van der Waals surface area contributed by atoms with Crippen molar-refractivity contribution in [2.24, 2.45) is 0 Å². The van der Waals surface area contributed by atoms with Crippen LogP contribution in [-0.4, -0.2) is 5.97 Å². The Morgan fingerprint density at radius 2 is 2.05 bits per heavy atom. The number of rotatable bonds is 3. The number of halogens is 1. The van der Waals surface area contributed by atoms with Crippen molar-refractivity contribution >= 4 is 11.7 Å². The number of nitriles is 1. The molecular formula is C15H11FN2O2. The third-order valence-corrected chi connectivity index (χ3v) is 2.65. The fraction of sp³-hybridized carbons (Fsp3) is 0.0667.